The number of imidazole rings is 1. The van der Waals surface area contributed by atoms with E-state index >= 15 is 0 Å². The molecular weight excluding hydrogens is 520 g/mol. The van der Waals surface area contributed by atoms with Gasteiger partial charge in [0.05, 0.1) is 29.8 Å². The lowest BCUT2D eigenvalue weighted by Crippen LogP contribution is -2.43. The van der Waals surface area contributed by atoms with Crippen LogP contribution in [0.15, 0.2) is 77.6 Å². The van der Waals surface area contributed by atoms with Gasteiger partial charge in [-0.15, -0.1) is 0 Å². The van der Waals surface area contributed by atoms with Crippen LogP contribution in [0.4, 0.5) is 5.69 Å². The van der Waals surface area contributed by atoms with E-state index < -0.39 is 6.29 Å². The number of carbonyl (C=O) groups is 1. The zero-order chi connectivity index (χ0) is 28.3. The molecule has 2 aliphatic heterocycles. The van der Waals surface area contributed by atoms with E-state index in [0.29, 0.717) is 12.1 Å². The maximum Gasteiger partial charge on any atom is 0.326 e. The molecule has 9 heteroatoms. The number of aliphatic hydroxyl groups is 1. The quantitative estimate of drug-likeness (QED) is 0.306. The summed E-state index contributed by atoms with van der Waals surface area (Å²) in [5.74, 6) is -0.134. The molecule has 1 aromatic heterocycles. The van der Waals surface area contributed by atoms with Gasteiger partial charge in [0.15, 0.2) is 6.29 Å². The number of nitrogens with zero attached hydrogens (tertiary/aromatic N) is 2. The van der Waals surface area contributed by atoms with Crippen molar-refractivity contribution in [2.24, 2.45) is 0 Å². The summed E-state index contributed by atoms with van der Waals surface area (Å²) in [6.45, 7) is 3.98. The Morgan fingerprint density at radius 1 is 1.00 bits per heavy atom. The van der Waals surface area contributed by atoms with Crippen molar-refractivity contribution in [1.82, 2.24) is 14.5 Å². The lowest BCUT2D eigenvalue weighted by atomic mass is 9.98. The van der Waals surface area contributed by atoms with Crippen LogP contribution in [0.5, 0.6) is 0 Å². The molecule has 0 aliphatic carbocycles. The van der Waals surface area contributed by atoms with Crippen molar-refractivity contribution in [3.8, 4) is 0 Å². The van der Waals surface area contributed by atoms with Crippen LogP contribution < -0.4 is 11.0 Å². The van der Waals surface area contributed by atoms with Crippen molar-refractivity contribution >= 4 is 22.6 Å². The van der Waals surface area contributed by atoms with E-state index in [2.05, 4.69) is 15.2 Å². The topological polar surface area (TPSA) is 109 Å². The van der Waals surface area contributed by atoms with Gasteiger partial charge in [0.25, 0.3) is 0 Å². The minimum absolute atomic E-state index is 0.00324. The van der Waals surface area contributed by atoms with Crippen molar-refractivity contribution in [3.63, 3.8) is 0 Å². The fraction of sp³-hybridized carbons (Fsp3) is 0.375. The smallest absolute Gasteiger partial charge is 0.326 e. The third-order valence-electron chi connectivity index (χ3n) is 8.10. The predicted molar refractivity (Wildman–Crippen MR) is 156 cm³/mol. The Hall–Kier alpha value is -3.76. The number of anilines is 1. The monoisotopic (exact) mass is 556 g/mol. The van der Waals surface area contributed by atoms with E-state index in [1.807, 2.05) is 77.4 Å². The van der Waals surface area contributed by atoms with E-state index in [1.165, 1.54) is 6.92 Å². The zero-order valence-electron chi connectivity index (χ0n) is 23.2. The van der Waals surface area contributed by atoms with E-state index in [1.54, 1.807) is 0 Å². The molecule has 0 bridgehead atoms. The van der Waals surface area contributed by atoms with Gasteiger partial charge < -0.3 is 29.8 Å². The first kappa shape index (κ1) is 27.4. The average molecular weight is 557 g/mol. The number of aromatic nitrogens is 2. The van der Waals surface area contributed by atoms with E-state index in [-0.39, 0.29) is 36.5 Å². The van der Waals surface area contributed by atoms with Crippen molar-refractivity contribution in [1.29, 1.82) is 0 Å². The summed E-state index contributed by atoms with van der Waals surface area (Å²) in [6, 6.07) is 23.5. The molecule has 2 fully saturated rings. The van der Waals surface area contributed by atoms with Crippen LogP contribution in [0.1, 0.15) is 61.3 Å². The van der Waals surface area contributed by atoms with Gasteiger partial charge in [-0.05, 0) is 48.2 Å². The first-order valence-electron chi connectivity index (χ1n) is 14.3. The van der Waals surface area contributed by atoms with Crippen LogP contribution in [0.2, 0.25) is 0 Å². The van der Waals surface area contributed by atoms with Crippen LogP contribution in [0.3, 0.4) is 0 Å². The summed E-state index contributed by atoms with van der Waals surface area (Å²) in [6.07, 6.45) is 1.62. The Labute approximate surface area is 238 Å². The SMILES string of the molecule is CC(=O)Nc1cccc([C@@H]2O[C@H](CN3CCC(n4c(=O)[nH]c5ccccc54)CC3)C[C@H](c3ccc(CO)cc3)O2)c1. The van der Waals surface area contributed by atoms with E-state index in [4.69, 9.17) is 9.47 Å². The minimum Gasteiger partial charge on any atom is -0.392 e. The molecule has 1 amide bonds. The number of piperidine rings is 1. The van der Waals surface area contributed by atoms with E-state index in [0.717, 1.165) is 60.2 Å². The standard InChI is InChI=1S/C32H36N4O5/c1-21(38)33-25-6-4-5-24(17-25)31-40-27(18-30(41-31)23-11-9-22(20-37)10-12-23)19-35-15-13-26(14-16-35)36-29-8-3-2-7-28(29)34-32(36)39/h2-12,17,26-27,30-31,37H,13-16,18-20H2,1H3,(H,33,38)(H,34,39)/t27-,30+,31+/m0/s1. The van der Waals surface area contributed by atoms with Crippen LogP contribution in [-0.4, -0.2) is 51.2 Å². The van der Waals surface area contributed by atoms with Gasteiger partial charge in [-0.2, -0.15) is 0 Å². The highest BCUT2D eigenvalue weighted by molar-refractivity contribution is 5.88. The molecule has 0 radical (unpaired) electrons. The Bertz CT molecular complexity index is 1550. The van der Waals surface area contributed by atoms with Crippen LogP contribution in [-0.2, 0) is 20.9 Å². The summed E-state index contributed by atoms with van der Waals surface area (Å²) < 4.78 is 14.9. The normalized spacial score (nSPS) is 22.1. The number of carbonyl (C=O) groups excluding carboxylic acids is 1. The van der Waals surface area contributed by atoms with Crippen LogP contribution in [0, 0.1) is 0 Å². The molecule has 3 atom stereocenters. The number of amides is 1. The number of ether oxygens (including phenoxy) is 2. The number of rotatable bonds is 7. The molecule has 0 spiro atoms. The first-order valence-corrected chi connectivity index (χ1v) is 14.3. The van der Waals surface area contributed by atoms with Crippen molar-refractivity contribution in [3.05, 3.63) is 100.0 Å². The second kappa shape index (κ2) is 12.0. The zero-order valence-corrected chi connectivity index (χ0v) is 23.2. The number of likely N-dealkylation sites (tertiary alicyclic amines) is 1. The molecule has 3 N–H and O–H groups in total. The summed E-state index contributed by atoms with van der Waals surface area (Å²) in [5, 5.41) is 12.3. The van der Waals surface area contributed by atoms with Crippen LogP contribution >= 0.6 is 0 Å². The Morgan fingerprint density at radius 2 is 1.78 bits per heavy atom. The Kier molecular flexibility index (Phi) is 8.02. The van der Waals surface area contributed by atoms with Crippen molar-refractivity contribution < 1.29 is 19.4 Å². The van der Waals surface area contributed by atoms with Crippen molar-refractivity contribution in [2.75, 3.05) is 25.0 Å². The third kappa shape index (κ3) is 6.13. The van der Waals surface area contributed by atoms with Gasteiger partial charge >= 0.3 is 5.69 Å². The number of aliphatic hydroxyl groups excluding tert-OH is 1. The second-order valence-electron chi connectivity index (χ2n) is 11.0. The second-order valence-corrected chi connectivity index (χ2v) is 11.0. The summed E-state index contributed by atoms with van der Waals surface area (Å²) in [5.41, 5.74) is 5.23. The molecule has 0 unspecified atom stereocenters. The number of aromatic amines is 1. The molecule has 2 saturated heterocycles. The Balaban J connectivity index is 1.17. The van der Waals surface area contributed by atoms with Gasteiger partial charge in [0.2, 0.25) is 5.91 Å². The number of nitrogens with one attached hydrogen (secondary N) is 2. The van der Waals surface area contributed by atoms with Gasteiger partial charge in [0, 0.05) is 50.3 Å². The highest BCUT2D eigenvalue weighted by atomic mass is 16.7. The molecule has 0 saturated carbocycles. The molecule has 41 heavy (non-hydrogen) atoms. The fourth-order valence-corrected chi connectivity index (χ4v) is 6.08. The summed E-state index contributed by atoms with van der Waals surface area (Å²) >= 11 is 0. The van der Waals surface area contributed by atoms with Gasteiger partial charge in [0.1, 0.15) is 0 Å². The number of para-hydroxylation sites is 2. The predicted octanol–water partition coefficient (Wildman–Crippen LogP) is 4.66. The average Bonchev–Trinajstić information content (AvgIpc) is 3.33. The van der Waals surface area contributed by atoms with Gasteiger partial charge in [-0.3, -0.25) is 9.36 Å². The molecule has 214 valence electrons. The molecule has 6 rings (SSSR count). The molecule has 2 aliphatic rings. The fourth-order valence-electron chi connectivity index (χ4n) is 6.08. The van der Waals surface area contributed by atoms with Crippen LogP contribution in [0.25, 0.3) is 11.0 Å². The summed E-state index contributed by atoms with van der Waals surface area (Å²) in [4.78, 5) is 29.8. The van der Waals surface area contributed by atoms with Crippen molar-refractivity contribution in [2.45, 2.75) is 57.3 Å². The van der Waals surface area contributed by atoms with Gasteiger partial charge in [-0.1, -0.05) is 48.5 Å². The molecule has 9 nitrogen and oxygen atoms in total. The maximum atomic E-state index is 12.7. The Morgan fingerprint density at radius 3 is 2.54 bits per heavy atom. The number of benzene rings is 3. The lowest BCUT2D eigenvalue weighted by Gasteiger charge is -2.40. The summed E-state index contributed by atoms with van der Waals surface area (Å²) in [7, 11) is 0. The molecular formula is C32H36N4O5. The minimum atomic E-state index is -0.590. The first-order chi connectivity index (χ1) is 20.0. The van der Waals surface area contributed by atoms with E-state index in [9.17, 15) is 14.7 Å². The number of fused-ring (bicyclic) bond motifs is 1. The number of hydrogen-bond donors (Lipinski definition) is 3. The lowest BCUT2D eigenvalue weighted by molar-refractivity contribution is -0.253. The largest absolute Gasteiger partial charge is 0.392 e. The maximum absolute atomic E-state index is 12.7. The third-order valence-corrected chi connectivity index (χ3v) is 8.10. The number of hydrogen-bond acceptors (Lipinski definition) is 6. The highest BCUT2D eigenvalue weighted by Crippen LogP contribution is 2.39. The highest BCUT2D eigenvalue weighted by Gasteiger charge is 2.34. The number of H-pyrrole nitrogens is 1. The molecule has 4 aromatic rings. The molecule has 3 aromatic carbocycles. The van der Waals surface area contributed by atoms with Gasteiger partial charge in [-0.25, -0.2) is 4.79 Å². The molecule has 3 heterocycles.